The molecule has 1 amide bonds. The van der Waals surface area contributed by atoms with Gasteiger partial charge in [0.1, 0.15) is 10.0 Å². The standard InChI is InChI=1S/C15H16ClFN2O3S2/c1-19(24(21,22)15-7-6-13(16)23-15)10-14(20)18-9-8-11-4-2-3-5-12(11)17/h2-7H,8-10H2,1H3,(H,18,20). The third-order valence-electron chi connectivity index (χ3n) is 3.25. The van der Waals surface area contributed by atoms with Crippen LogP contribution in [0.3, 0.4) is 0 Å². The second kappa shape index (κ2) is 8.06. The van der Waals surface area contributed by atoms with Crippen LogP contribution in [0, 0.1) is 5.82 Å². The second-order valence-corrected chi connectivity index (χ2v) is 9.00. The molecule has 0 bridgehead atoms. The van der Waals surface area contributed by atoms with Crippen LogP contribution in [0.15, 0.2) is 40.6 Å². The summed E-state index contributed by atoms with van der Waals surface area (Å²) < 4.78 is 39.4. The molecule has 0 spiro atoms. The van der Waals surface area contributed by atoms with Crippen molar-refractivity contribution in [3.63, 3.8) is 0 Å². The lowest BCUT2D eigenvalue weighted by molar-refractivity contribution is -0.121. The summed E-state index contributed by atoms with van der Waals surface area (Å²) in [7, 11) is -2.43. The van der Waals surface area contributed by atoms with E-state index >= 15 is 0 Å². The maximum absolute atomic E-state index is 13.5. The smallest absolute Gasteiger partial charge is 0.252 e. The Kier molecular flexibility index (Phi) is 6.34. The number of hydrogen-bond donors (Lipinski definition) is 1. The monoisotopic (exact) mass is 390 g/mol. The Balaban J connectivity index is 1.87. The third kappa shape index (κ3) is 4.76. The van der Waals surface area contributed by atoms with E-state index in [1.807, 2.05) is 0 Å². The molecule has 1 heterocycles. The molecular formula is C15H16ClFN2O3S2. The first kappa shape index (κ1) is 18.9. The lowest BCUT2D eigenvalue weighted by Crippen LogP contribution is -2.38. The van der Waals surface area contributed by atoms with E-state index < -0.39 is 15.9 Å². The van der Waals surface area contributed by atoms with Crippen LogP contribution < -0.4 is 5.32 Å². The van der Waals surface area contributed by atoms with Gasteiger partial charge in [0.15, 0.2) is 0 Å². The van der Waals surface area contributed by atoms with Gasteiger partial charge in [-0.25, -0.2) is 12.8 Å². The zero-order valence-electron chi connectivity index (χ0n) is 12.8. The first-order valence-corrected chi connectivity index (χ1v) is 9.66. The predicted molar refractivity (Wildman–Crippen MR) is 92.3 cm³/mol. The van der Waals surface area contributed by atoms with Gasteiger partial charge in [-0.1, -0.05) is 29.8 Å². The Morgan fingerprint density at radius 2 is 2.00 bits per heavy atom. The zero-order chi connectivity index (χ0) is 17.7. The quantitative estimate of drug-likeness (QED) is 0.790. The highest BCUT2D eigenvalue weighted by atomic mass is 35.5. The van der Waals surface area contributed by atoms with E-state index in [0.29, 0.717) is 16.3 Å². The van der Waals surface area contributed by atoms with Crippen molar-refractivity contribution in [3.8, 4) is 0 Å². The third-order valence-corrected chi connectivity index (χ3v) is 6.76. The molecule has 0 saturated carbocycles. The van der Waals surface area contributed by atoms with Crippen molar-refractivity contribution in [2.24, 2.45) is 0 Å². The topological polar surface area (TPSA) is 66.5 Å². The highest BCUT2D eigenvalue weighted by Gasteiger charge is 2.24. The maximum atomic E-state index is 13.5. The van der Waals surface area contributed by atoms with Crippen molar-refractivity contribution in [1.29, 1.82) is 0 Å². The molecule has 1 N–H and O–H groups in total. The molecule has 2 aromatic rings. The fourth-order valence-electron chi connectivity index (χ4n) is 1.97. The van der Waals surface area contributed by atoms with Crippen molar-refractivity contribution >= 4 is 38.9 Å². The number of nitrogens with one attached hydrogen (secondary N) is 1. The van der Waals surface area contributed by atoms with Crippen molar-refractivity contribution in [2.75, 3.05) is 20.1 Å². The molecule has 130 valence electrons. The largest absolute Gasteiger partial charge is 0.355 e. The molecule has 0 unspecified atom stereocenters. The summed E-state index contributed by atoms with van der Waals surface area (Å²) in [5.41, 5.74) is 0.493. The van der Waals surface area contributed by atoms with E-state index in [9.17, 15) is 17.6 Å². The van der Waals surface area contributed by atoms with Gasteiger partial charge in [0.05, 0.1) is 10.9 Å². The molecule has 0 aliphatic rings. The number of likely N-dealkylation sites (N-methyl/N-ethyl adjacent to an activating group) is 1. The van der Waals surface area contributed by atoms with Crippen LogP contribution in [0.1, 0.15) is 5.56 Å². The molecule has 0 aliphatic carbocycles. The minimum atomic E-state index is -3.75. The Labute approximate surface area is 149 Å². The average Bonchev–Trinajstić information content (AvgIpc) is 2.96. The number of thiophene rings is 1. The van der Waals surface area contributed by atoms with Gasteiger partial charge in [0, 0.05) is 13.6 Å². The molecule has 0 saturated heterocycles. The van der Waals surface area contributed by atoms with Crippen molar-refractivity contribution in [1.82, 2.24) is 9.62 Å². The van der Waals surface area contributed by atoms with Crippen LogP contribution in [0.5, 0.6) is 0 Å². The van der Waals surface area contributed by atoms with Gasteiger partial charge in [0.25, 0.3) is 10.0 Å². The number of carbonyl (C=O) groups excluding carboxylic acids is 1. The number of hydrogen-bond acceptors (Lipinski definition) is 4. The normalized spacial score (nSPS) is 11.7. The number of amides is 1. The lowest BCUT2D eigenvalue weighted by atomic mass is 10.1. The first-order chi connectivity index (χ1) is 11.3. The van der Waals surface area contributed by atoms with E-state index in [1.54, 1.807) is 18.2 Å². The summed E-state index contributed by atoms with van der Waals surface area (Å²) in [5, 5.41) is 2.58. The summed E-state index contributed by atoms with van der Waals surface area (Å²) >= 11 is 6.67. The Morgan fingerprint density at radius 3 is 2.62 bits per heavy atom. The van der Waals surface area contributed by atoms with Crippen LogP contribution in [-0.2, 0) is 21.2 Å². The fraction of sp³-hybridized carbons (Fsp3) is 0.267. The fourth-order valence-corrected chi connectivity index (χ4v) is 4.79. The Morgan fingerprint density at radius 1 is 1.29 bits per heavy atom. The summed E-state index contributed by atoms with van der Waals surface area (Å²) in [4.78, 5) is 11.9. The summed E-state index contributed by atoms with van der Waals surface area (Å²) in [6, 6.07) is 9.18. The molecule has 9 heteroatoms. The van der Waals surface area contributed by atoms with E-state index in [1.165, 1.54) is 25.2 Å². The first-order valence-electron chi connectivity index (χ1n) is 7.02. The SMILES string of the molecule is CN(CC(=O)NCCc1ccccc1F)S(=O)(=O)c1ccc(Cl)s1. The van der Waals surface area contributed by atoms with Crippen molar-refractivity contribution < 1.29 is 17.6 Å². The van der Waals surface area contributed by atoms with E-state index in [4.69, 9.17) is 11.6 Å². The van der Waals surface area contributed by atoms with Crippen LogP contribution in [-0.4, -0.2) is 38.8 Å². The van der Waals surface area contributed by atoms with Gasteiger partial charge in [-0.15, -0.1) is 11.3 Å². The van der Waals surface area contributed by atoms with Crippen molar-refractivity contribution in [3.05, 3.63) is 52.1 Å². The minimum absolute atomic E-state index is 0.0779. The van der Waals surface area contributed by atoms with Gasteiger partial charge in [0.2, 0.25) is 5.91 Å². The number of carbonyl (C=O) groups is 1. The van der Waals surface area contributed by atoms with E-state index in [0.717, 1.165) is 15.6 Å². The molecule has 0 aliphatic heterocycles. The summed E-state index contributed by atoms with van der Waals surface area (Å²) in [6.07, 6.45) is 0.329. The summed E-state index contributed by atoms with van der Waals surface area (Å²) in [5.74, 6) is -0.791. The molecule has 1 aromatic carbocycles. The zero-order valence-corrected chi connectivity index (χ0v) is 15.2. The molecule has 0 atom stereocenters. The van der Waals surface area contributed by atoms with Crippen molar-refractivity contribution in [2.45, 2.75) is 10.6 Å². The summed E-state index contributed by atoms with van der Waals surface area (Å²) in [6.45, 7) is -0.104. The number of benzene rings is 1. The Hall–Kier alpha value is -1.48. The molecule has 1 aromatic heterocycles. The molecule has 2 rings (SSSR count). The molecule has 24 heavy (non-hydrogen) atoms. The van der Waals surface area contributed by atoms with E-state index in [2.05, 4.69) is 5.32 Å². The lowest BCUT2D eigenvalue weighted by Gasteiger charge is -2.15. The van der Waals surface area contributed by atoms with E-state index in [-0.39, 0.29) is 23.1 Å². The van der Waals surface area contributed by atoms with Gasteiger partial charge in [-0.3, -0.25) is 4.79 Å². The van der Waals surface area contributed by atoms with Crippen LogP contribution in [0.25, 0.3) is 0 Å². The highest BCUT2D eigenvalue weighted by Crippen LogP contribution is 2.27. The van der Waals surface area contributed by atoms with Gasteiger partial charge in [-0.2, -0.15) is 4.31 Å². The Bertz CT molecular complexity index is 824. The molecule has 0 fully saturated rings. The second-order valence-electron chi connectivity index (χ2n) is 5.01. The van der Waals surface area contributed by atoms with Gasteiger partial charge >= 0.3 is 0 Å². The van der Waals surface area contributed by atoms with Gasteiger partial charge in [-0.05, 0) is 30.2 Å². The van der Waals surface area contributed by atoms with Crippen LogP contribution >= 0.6 is 22.9 Å². The average molecular weight is 391 g/mol. The van der Waals surface area contributed by atoms with Gasteiger partial charge < -0.3 is 5.32 Å². The maximum Gasteiger partial charge on any atom is 0.252 e. The number of rotatable bonds is 7. The van der Waals surface area contributed by atoms with Crippen LogP contribution in [0.4, 0.5) is 4.39 Å². The molecule has 5 nitrogen and oxygen atoms in total. The number of halogens is 2. The predicted octanol–water partition coefficient (Wildman–Crippen LogP) is 2.52. The molecule has 0 radical (unpaired) electrons. The number of sulfonamides is 1. The number of nitrogens with zero attached hydrogens (tertiary/aromatic N) is 1. The minimum Gasteiger partial charge on any atom is -0.355 e. The highest BCUT2D eigenvalue weighted by molar-refractivity contribution is 7.91. The molecular weight excluding hydrogens is 375 g/mol. The van der Waals surface area contributed by atoms with Crippen LogP contribution in [0.2, 0.25) is 4.34 Å².